The number of aliphatic hydroxyl groups is 2. The molecule has 5 atom stereocenters. The number of nitrogens with one attached hydrogen (secondary N) is 3. The normalized spacial score (nSPS) is 16.8. The predicted molar refractivity (Wildman–Crippen MR) is 86.3 cm³/mol. The summed E-state index contributed by atoms with van der Waals surface area (Å²) in [5, 5.41) is 38.5. The Balaban J connectivity index is 2.92. The van der Waals surface area contributed by atoms with Gasteiger partial charge in [-0.2, -0.15) is 5.10 Å². The summed E-state index contributed by atoms with van der Waals surface area (Å²) in [6, 6.07) is -4.48. The van der Waals surface area contributed by atoms with Gasteiger partial charge in [0.1, 0.15) is 5.82 Å². The van der Waals surface area contributed by atoms with Crippen molar-refractivity contribution in [2.45, 2.75) is 50.6 Å². The Kier molecular flexibility index (Phi) is 7.42. The van der Waals surface area contributed by atoms with Crippen molar-refractivity contribution in [3.63, 3.8) is 0 Å². The van der Waals surface area contributed by atoms with Gasteiger partial charge >= 0.3 is 12.0 Å². The molecule has 0 spiro atoms. The van der Waals surface area contributed by atoms with E-state index in [0.29, 0.717) is 0 Å². The maximum Gasteiger partial charge on any atom is 0.328 e. The van der Waals surface area contributed by atoms with Crippen LogP contribution in [0.25, 0.3) is 0 Å². The van der Waals surface area contributed by atoms with Crippen LogP contribution < -0.4 is 22.1 Å². The van der Waals surface area contributed by atoms with Crippen LogP contribution in [0.2, 0.25) is 0 Å². The van der Waals surface area contributed by atoms with Crippen molar-refractivity contribution in [2.75, 3.05) is 0 Å². The van der Waals surface area contributed by atoms with Gasteiger partial charge in [-0.25, -0.2) is 14.6 Å². The first-order valence-corrected chi connectivity index (χ1v) is 7.65. The fraction of sp³-hybridized carbons (Fsp3) is 0.615. The van der Waals surface area contributed by atoms with E-state index in [1.807, 2.05) is 0 Å². The molecular weight excluding hydrogens is 350 g/mol. The second-order valence-corrected chi connectivity index (χ2v) is 5.74. The highest BCUT2D eigenvalue weighted by Gasteiger charge is 2.28. The van der Waals surface area contributed by atoms with E-state index < -0.39 is 48.2 Å². The van der Waals surface area contributed by atoms with Crippen molar-refractivity contribution in [1.29, 1.82) is 0 Å². The Hall–Kier alpha value is -2.77. The Bertz CT molecular complexity index is 647. The third kappa shape index (κ3) is 5.94. The van der Waals surface area contributed by atoms with Gasteiger partial charge in [0.2, 0.25) is 5.91 Å². The number of primary amides is 1. The van der Waals surface area contributed by atoms with Crippen molar-refractivity contribution in [2.24, 2.45) is 11.5 Å². The summed E-state index contributed by atoms with van der Waals surface area (Å²) in [7, 11) is 0. The monoisotopic (exact) mass is 373 g/mol. The molecule has 1 heterocycles. The van der Waals surface area contributed by atoms with Crippen molar-refractivity contribution in [1.82, 2.24) is 25.8 Å². The standard InChI is InChI=1S/C13H23N7O6/c1-4(21)8(15)11-18-10(19-20-11)6(3-7(14)23)16-13(26)17-9(5(2)22)12(24)25/h4-6,8-9,21-22H,3,15H2,1-2H3,(H2,14,23)(H,24,25)(H2,16,17,26)(H,18,19,20)/t4-,5?,6-,8-,9-/m0/s1. The molecular formula is C13H23N7O6. The largest absolute Gasteiger partial charge is 0.480 e. The molecule has 10 N–H and O–H groups in total. The van der Waals surface area contributed by atoms with E-state index in [1.165, 1.54) is 13.8 Å². The molecule has 0 aliphatic heterocycles. The summed E-state index contributed by atoms with van der Waals surface area (Å²) in [5.74, 6) is -2.11. The summed E-state index contributed by atoms with van der Waals surface area (Å²) in [4.78, 5) is 38.3. The lowest BCUT2D eigenvalue weighted by Gasteiger charge is -2.20. The molecule has 0 fully saturated rings. The summed E-state index contributed by atoms with van der Waals surface area (Å²) in [6.07, 6.45) is -2.65. The molecule has 0 aromatic carbocycles. The molecule has 1 aromatic heterocycles. The van der Waals surface area contributed by atoms with Crippen LogP contribution in [-0.2, 0) is 9.59 Å². The highest BCUT2D eigenvalue weighted by molar-refractivity contribution is 5.83. The first-order chi connectivity index (χ1) is 12.0. The first-order valence-electron chi connectivity index (χ1n) is 7.65. The number of H-pyrrole nitrogens is 1. The Morgan fingerprint density at radius 3 is 2.27 bits per heavy atom. The number of aliphatic carboxylic acids is 1. The maximum absolute atomic E-state index is 12.0. The average molecular weight is 373 g/mol. The number of carbonyl (C=O) groups is 3. The number of rotatable bonds is 9. The number of carboxylic acid groups (broad SMARTS) is 1. The number of amides is 3. The SMILES string of the molecule is CC(O)[C@H](NC(=O)N[C@@H](CC(N)=O)c1nc([C@@H](N)[C@H](C)O)n[nH]1)C(=O)O. The molecule has 0 bridgehead atoms. The van der Waals surface area contributed by atoms with Crippen molar-refractivity contribution < 1.29 is 29.7 Å². The zero-order chi connectivity index (χ0) is 20.0. The Morgan fingerprint density at radius 2 is 1.81 bits per heavy atom. The number of carbonyl (C=O) groups excluding carboxylic acids is 2. The average Bonchev–Trinajstić information content (AvgIpc) is 2.99. The molecule has 13 nitrogen and oxygen atoms in total. The van der Waals surface area contributed by atoms with Crippen LogP contribution in [-0.4, -0.2) is 66.7 Å². The number of aliphatic hydroxyl groups excluding tert-OH is 2. The van der Waals surface area contributed by atoms with Crippen molar-refractivity contribution >= 4 is 17.9 Å². The number of nitrogens with zero attached hydrogens (tertiary/aromatic N) is 2. The molecule has 0 saturated carbocycles. The van der Waals surface area contributed by atoms with Crippen LogP contribution in [0.15, 0.2) is 0 Å². The van der Waals surface area contributed by atoms with E-state index in [0.717, 1.165) is 0 Å². The molecule has 0 saturated heterocycles. The summed E-state index contributed by atoms with van der Waals surface area (Å²) < 4.78 is 0. The van der Waals surface area contributed by atoms with E-state index >= 15 is 0 Å². The fourth-order valence-electron chi connectivity index (χ4n) is 1.96. The number of carboxylic acids is 1. The number of urea groups is 1. The zero-order valence-corrected chi connectivity index (χ0v) is 14.2. The van der Waals surface area contributed by atoms with E-state index in [2.05, 4.69) is 25.8 Å². The summed E-state index contributed by atoms with van der Waals surface area (Å²) >= 11 is 0. The van der Waals surface area contributed by atoms with Crippen LogP contribution in [0.1, 0.15) is 44.0 Å². The number of nitrogens with two attached hydrogens (primary N) is 2. The van der Waals surface area contributed by atoms with Gasteiger partial charge in [-0.3, -0.25) is 9.89 Å². The zero-order valence-electron chi connectivity index (χ0n) is 14.2. The molecule has 0 radical (unpaired) electrons. The number of hydrogen-bond acceptors (Lipinski definition) is 8. The Labute approximate surface area is 148 Å². The lowest BCUT2D eigenvalue weighted by molar-refractivity contribution is -0.141. The van der Waals surface area contributed by atoms with Gasteiger partial charge in [-0.15, -0.1) is 0 Å². The quantitative estimate of drug-likeness (QED) is 0.223. The second-order valence-electron chi connectivity index (χ2n) is 5.74. The van der Waals surface area contributed by atoms with Crippen LogP contribution in [0.5, 0.6) is 0 Å². The van der Waals surface area contributed by atoms with Gasteiger partial charge in [0, 0.05) is 0 Å². The smallest absolute Gasteiger partial charge is 0.328 e. The van der Waals surface area contributed by atoms with Crippen molar-refractivity contribution in [3.8, 4) is 0 Å². The predicted octanol–water partition coefficient (Wildman–Crippen LogP) is -2.76. The highest BCUT2D eigenvalue weighted by Crippen LogP contribution is 2.15. The molecule has 3 amide bonds. The van der Waals surface area contributed by atoms with Gasteiger partial charge in [0.25, 0.3) is 0 Å². The molecule has 0 aliphatic rings. The maximum atomic E-state index is 12.0. The molecule has 1 rings (SSSR count). The van der Waals surface area contributed by atoms with E-state index in [-0.39, 0.29) is 18.1 Å². The number of aromatic nitrogens is 3. The molecule has 0 aliphatic carbocycles. The van der Waals surface area contributed by atoms with Gasteiger partial charge < -0.3 is 37.4 Å². The second kappa shape index (κ2) is 9.07. The summed E-state index contributed by atoms with van der Waals surface area (Å²) in [5.41, 5.74) is 10.9. The molecule has 13 heteroatoms. The Morgan fingerprint density at radius 1 is 1.19 bits per heavy atom. The van der Waals surface area contributed by atoms with Crippen LogP contribution >= 0.6 is 0 Å². The van der Waals surface area contributed by atoms with Crippen molar-refractivity contribution in [3.05, 3.63) is 11.6 Å². The van der Waals surface area contributed by atoms with Crippen LogP contribution in [0, 0.1) is 0 Å². The molecule has 146 valence electrons. The third-order valence-corrected chi connectivity index (χ3v) is 3.41. The minimum Gasteiger partial charge on any atom is -0.480 e. The van der Waals surface area contributed by atoms with E-state index in [4.69, 9.17) is 16.6 Å². The van der Waals surface area contributed by atoms with Crippen LogP contribution in [0.3, 0.4) is 0 Å². The van der Waals surface area contributed by atoms with E-state index in [9.17, 15) is 24.6 Å². The van der Waals surface area contributed by atoms with E-state index in [1.54, 1.807) is 0 Å². The van der Waals surface area contributed by atoms with Crippen LogP contribution in [0.4, 0.5) is 4.79 Å². The lowest BCUT2D eigenvalue weighted by Crippen LogP contribution is -2.52. The third-order valence-electron chi connectivity index (χ3n) is 3.41. The number of hydrogen-bond donors (Lipinski definition) is 8. The van der Waals surface area contributed by atoms with Gasteiger partial charge in [0.05, 0.1) is 30.7 Å². The fourth-order valence-corrected chi connectivity index (χ4v) is 1.96. The highest BCUT2D eigenvalue weighted by atomic mass is 16.4. The van der Waals surface area contributed by atoms with Gasteiger partial charge in [-0.1, -0.05) is 0 Å². The number of aromatic amines is 1. The minimum atomic E-state index is -1.56. The molecule has 1 aromatic rings. The molecule has 1 unspecified atom stereocenters. The van der Waals surface area contributed by atoms with Gasteiger partial charge in [-0.05, 0) is 13.8 Å². The minimum absolute atomic E-state index is 0.0361. The molecule has 26 heavy (non-hydrogen) atoms. The van der Waals surface area contributed by atoms with Gasteiger partial charge in [0.15, 0.2) is 11.9 Å². The summed E-state index contributed by atoms with van der Waals surface area (Å²) in [6.45, 7) is 2.63. The first kappa shape index (κ1) is 21.3. The topological polar surface area (TPSA) is 230 Å². The lowest BCUT2D eigenvalue weighted by atomic mass is 10.1.